The van der Waals surface area contributed by atoms with E-state index in [1.165, 1.54) is 0 Å². The summed E-state index contributed by atoms with van der Waals surface area (Å²) < 4.78 is 4.85. The number of carbonyl (C=O) groups excluding carboxylic acids is 1. The average Bonchev–Trinajstić information content (AvgIpc) is 2.29. The van der Waals surface area contributed by atoms with Gasteiger partial charge in [-0.15, -0.1) is 0 Å². The molecule has 0 saturated carbocycles. The number of carbonyl (C=O) groups is 1. The zero-order chi connectivity index (χ0) is 12.7. The highest BCUT2D eigenvalue weighted by Gasteiger charge is 2.06. The summed E-state index contributed by atoms with van der Waals surface area (Å²) >= 11 is 0. The van der Waals surface area contributed by atoms with E-state index >= 15 is 0 Å². The molecular weight excluding hydrogens is 218 g/mol. The summed E-state index contributed by atoms with van der Waals surface area (Å²) in [5, 5.41) is 5.92. The lowest BCUT2D eigenvalue weighted by molar-refractivity contribution is 0.0932. The minimum Gasteiger partial charge on any atom is -0.383 e. The van der Waals surface area contributed by atoms with Crippen LogP contribution in [-0.4, -0.2) is 37.2 Å². The molecule has 1 heterocycles. The first-order valence-corrected chi connectivity index (χ1v) is 5.63. The van der Waals surface area contributed by atoms with Gasteiger partial charge < -0.3 is 15.4 Å². The van der Waals surface area contributed by atoms with Crippen LogP contribution in [0.4, 0.5) is 5.69 Å². The molecule has 1 aromatic heterocycles. The second-order valence-electron chi connectivity index (χ2n) is 3.98. The minimum atomic E-state index is -0.182. The first-order valence-electron chi connectivity index (χ1n) is 5.63. The lowest BCUT2D eigenvalue weighted by atomic mass is 10.3. The number of methoxy groups -OCH3 is 1. The second-order valence-corrected chi connectivity index (χ2v) is 3.98. The molecule has 0 atom stereocenters. The number of pyridine rings is 1. The Labute approximate surface area is 102 Å². The van der Waals surface area contributed by atoms with Crippen molar-refractivity contribution in [2.24, 2.45) is 0 Å². The fourth-order valence-corrected chi connectivity index (χ4v) is 1.30. The molecule has 0 bridgehead atoms. The third-order valence-corrected chi connectivity index (χ3v) is 2.04. The Morgan fingerprint density at radius 2 is 2.24 bits per heavy atom. The minimum absolute atomic E-state index is 0.182. The number of hydrogen-bond donors (Lipinski definition) is 2. The van der Waals surface area contributed by atoms with E-state index in [2.05, 4.69) is 15.6 Å². The molecule has 0 radical (unpaired) electrons. The number of ether oxygens (including phenoxy) is 1. The Hall–Kier alpha value is -1.62. The number of hydrogen-bond acceptors (Lipinski definition) is 4. The third-order valence-electron chi connectivity index (χ3n) is 2.04. The van der Waals surface area contributed by atoms with Crippen LogP contribution in [0.15, 0.2) is 18.3 Å². The van der Waals surface area contributed by atoms with Gasteiger partial charge in [0.1, 0.15) is 5.69 Å². The Bertz CT molecular complexity index is 349. The first-order chi connectivity index (χ1) is 8.13. The molecule has 17 heavy (non-hydrogen) atoms. The van der Waals surface area contributed by atoms with Crippen LogP contribution in [0.1, 0.15) is 24.3 Å². The zero-order valence-corrected chi connectivity index (χ0v) is 10.5. The van der Waals surface area contributed by atoms with Gasteiger partial charge in [-0.05, 0) is 26.0 Å². The van der Waals surface area contributed by atoms with E-state index in [4.69, 9.17) is 4.74 Å². The molecule has 1 rings (SSSR count). The highest BCUT2D eigenvalue weighted by Crippen LogP contribution is 2.07. The van der Waals surface area contributed by atoms with Crippen LogP contribution in [0, 0.1) is 0 Å². The summed E-state index contributed by atoms with van der Waals surface area (Å²) in [6, 6.07) is 3.89. The molecule has 94 valence electrons. The van der Waals surface area contributed by atoms with Crippen LogP contribution in [-0.2, 0) is 4.74 Å². The van der Waals surface area contributed by atoms with Crippen molar-refractivity contribution >= 4 is 11.6 Å². The van der Waals surface area contributed by atoms with Gasteiger partial charge in [-0.3, -0.25) is 4.79 Å². The van der Waals surface area contributed by atoms with Gasteiger partial charge in [0.05, 0.1) is 18.5 Å². The molecule has 0 aliphatic carbocycles. The number of nitrogens with one attached hydrogen (secondary N) is 2. The monoisotopic (exact) mass is 237 g/mol. The van der Waals surface area contributed by atoms with E-state index in [0.29, 0.717) is 24.9 Å². The Morgan fingerprint density at radius 3 is 2.76 bits per heavy atom. The van der Waals surface area contributed by atoms with Crippen molar-refractivity contribution in [1.29, 1.82) is 0 Å². The number of aromatic nitrogens is 1. The predicted molar refractivity (Wildman–Crippen MR) is 67.2 cm³/mol. The lowest BCUT2D eigenvalue weighted by Crippen LogP contribution is -2.27. The summed E-state index contributed by atoms with van der Waals surface area (Å²) in [6.45, 7) is 5.08. The molecule has 1 aromatic rings. The second kappa shape index (κ2) is 6.85. The SMILES string of the molecule is COCCNC(=O)c1ccc(NC(C)C)cn1. The zero-order valence-electron chi connectivity index (χ0n) is 10.5. The van der Waals surface area contributed by atoms with E-state index in [1.54, 1.807) is 19.4 Å². The van der Waals surface area contributed by atoms with Gasteiger partial charge in [-0.1, -0.05) is 0 Å². The van der Waals surface area contributed by atoms with Crippen molar-refractivity contribution in [2.45, 2.75) is 19.9 Å². The van der Waals surface area contributed by atoms with Crippen molar-refractivity contribution in [1.82, 2.24) is 10.3 Å². The lowest BCUT2D eigenvalue weighted by Gasteiger charge is -2.09. The summed E-state index contributed by atoms with van der Waals surface area (Å²) in [7, 11) is 1.59. The van der Waals surface area contributed by atoms with E-state index < -0.39 is 0 Å². The van der Waals surface area contributed by atoms with Crippen LogP contribution in [0.3, 0.4) is 0 Å². The Balaban J connectivity index is 2.52. The van der Waals surface area contributed by atoms with Crippen LogP contribution in [0.25, 0.3) is 0 Å². The maximum absolute atomic E-state index is 11.6. The van der Waals surface area contributed by atoms with Gasteiger partial charge in [-0.25, -0.2) is 4.98 Å². The molecule has 0 saturated heterocycles. The van der Waals surface area contributed by atoms with Gasteiger partial charge in [0, 0.05) is 19.7 Å². The molecular formula is C12H19N3O2. The highest BCUT2D eigenvalue weighted by atomic mass is 16.5. The topological polar surface area (TPSA) is 63.2 Å². The summed E-state index contributed by atoms with van der Waals surface area (Å²) in [6.07, 6.45) is 1.66. The summed E-state index contributed by atoms with van der Waals surface area (Å²) in [5.74, 6) is -0.182. The van der Waals surface area contributed by atoms with Gasteiger partial charge in [0.15, 0.2) is 0 Å². The third kappa shape index (κ3) is 4.82. The molecule has 5 nitrogen and oxygen atoms in total. The molecule has 0 fully saturated rings. The normalized spacial score (nSPS) is 10.4. The fraction of sp³-hybridized carbons (Fsp3) is 0.500. The summed E-state index contributed by atoms with van der Waals surface area (Å²) in [5.41, 5.74) is 1.32. The Morgan fingerprint density at radius 1 is 1.47 bits per heavy atom. The molecule has 5 heteroatoms. The van der Waals surface area contributed by atoms with Crippen LogP contribution in [0.2, 0.25) is 0 Å². The van der Waals surface area contributed by atoms with Crippen LogP contribution in [0.5, 0.6) is 0 Å². The molecule has 0 spiro atoms. The fourth-order valence-electron chi connectivity index (χ4n) is 1.30. The van der Waals surface area contributed by atoms with Crippen LogP contribution >= 0.6 is 0 Å². The largest absolute Gasteiger partial charge is 0.383 e. The van der Waals surface area contributed by atoms with Crippen molar-refractivity contribution in [3.05, 3.63) is 24.0 Å². The van der Waals surface area contributed by atoms with Crippen molar-refractivity contribution in [2.75, 3.05) is 25.6 Å². The van der Waals surface area contributed by atoms with E-state index in [0.717, 1.165) is 5.69 Å². The smallest absolute Gasteiger partial charge is 0.269 e. The van der Waals surface area contributed by atoms with E-state index in [9.17, 15) is 4.79 Å². The summed E-state index contributed by atoms with van der Waals surface area (Å²) in [4.78, 5) is 15.7. The van der Waals surface area contributed by atoms with Gasteiger partial charge >= 0.3 is 0 Å². The predicted octanol–water partition coefficient (Wildman–Crippen LogP) is 1.28. The molecule has 0 aliphatic heterocycles. The van der Waals surface area contributed by atoms with Crippen molar-refractivity contribution in [3.8, 4) is 0 Å². The van der Waals surface area contributed by atoms with Gasteiger partial charge in [0.2, 0.25) is 0 Å². The van der Waals surface area contributed by atoms with Gasteiger partial charge in [0.25, 0.3) is 5.91 Å². The number of nitrogens with zero attached hydrogens (tertiary/aromatic N) is 1. The standard InChI is InChI=1S/C12H19N3O2/c1-9(2)15-10-4-5-11(14-8-10)12(16)13-6-7-17-3/h4-5,8-9,15H,6-7H2,1-3H3,(H,13,16). The van der Waals surface area contributed by atoms with E-state index in [1.807, 2.05) is 19.9 Å². The molecule has 1 amide bonds. The molecule has 0 aromatic carbocycles. The number of anilines is 1. The Kier molecular flexibility index (Phi) is 5.42. The quantitative estimate of drug-likeness (QED) is 0.732. The van der Waals surface area contributed by atoms with Crippen molar-refractivity contribution < 1.29 is 9.53 Å². The van der Waals surface area contributed by atoms with Crippen LogP contribution < -0.4 is 10.6 Å². The first kappa shape index (κ1) is 13.4. The molecule has 0 aliphatic rings. The van der Waals surface area contributed by atoms with Crippen molar-refractivity contribution in [3.63, 3.8) is 0 Å². The van der Waals surface area contributed by atoms with E-state index in [-0.39, 0.29) is 5.91 Å². The highest BCUT2D eigenvalue weighted by molar-refractivity contribution is 5.92. The number of rotatable bonds is 6. The average molecular weight is 237 g/mol. The maximum atomic E-state index is 11.6. The maximum Gasteiger partial charge on any atom is 0.269 e. The number of amides is 1. The van der Waals surface area contributed by atoms with Gasteiger partial charge in [-0.2, -0.15) is 0 Å². The molecule has 2 N–H and O–H groups in total. The molecule has 0 unspecified atom stereocenters.